The molecule has 1 saturated heterocycles. The van der Waals surface area contributed by atoms with Crippen molar-refractivity contribution in [1.82, 2.24) is 0 Å². The van der Waals surface area contributed by atoms with Crippen LogP contribution >= 0.6 is 11.8 Å². The molecule has 3 nitrogen and oxygen atoms in total. The number of thioether (sulfide) groups is 1. The Hall–Kier alpha value is -1.94. The second-order valence-corrected chi connectivity index (χ2v) is 6.88. The molecule has 1 amide bonds. The minimum atomic E-state index is 0.0213. The SMILES string of the molecule is CC(C)c1ccccc1N1C(=O)CS[C@@H]1c1ccc(N)cc1. The first-order chi connectivity index (χ1) is 10.6. The summed E-state index contributed by atoms with van der Waals surface area (Å²) in [7, 11) is 0. The lowest BCUT2D eigenvalue weighted by atomic mass is 10.00. The Bertz CT molecular complexity index is 682. The molecule has 0 unspecified atom stereocenters. The lowest BCUT2D eigenvalue weighted by molar-refractivity contribution is -0.115. The second kappa shape index (κ2) is 6.05. The molecule has 4 heteroatoms. The van der Waals surface area contributed by atoms with Gasteiger partial charge in [-0.2, -0.15) is 0 Å². The Balaban J connectivity index is 2.03. The monoisotopic (exact) mass is 312 g/mol. The van der Waals surface area contributed by atoms with Gasteiger partial charge in [0.1, 0.15) is 5.37 Å². The van der Waals surface area contributed by atoms with Crippen LogP contribution in [0.3, 0.4) is 0 Å². The topological polar surface area (TPSA) is 46.3 Å². The summed E-state index contributed by atoms with van der Waals surface area (Å²) in [4.78, 5) is 14.4. The largest absolute Gasteiger partial charge is 0.399 e. The maximum Gasteiger partial charge on any atom is 0.238 e. The van der Waals surface area contributed by atoms with E-state index in [0.29, 0.717) is 11.7 Å². The third-order valence-electron chi connectivity index (χ3n) is 3.91. The number of nitrogens with zero attached hydrogens (tertiary/aromatic N) is 1. The van der Waals surface area contributed by atoms with Crippen LogP contribution in [-0.2, 0) is 4.79 Å². The standard InChI is InChI=1S/C18H20N2OS/c1-12(2)15-5-3-4-6-16(15)20-17(21)11-22-18(20)13-7-9-14(19)10-8-13/h3-10,12,18H,11,19H2,1-2H3/t18-/m1/s1. The van der Waals surface area contributed by atoms with Gasteiger partial charge in [-0.15, -0.1) is 11.8 Å². The van der Waals surface area contributed by atoms with Gasteiger partial charge in [0.05, 0.1) is 5.75 Å². The van der Waals surface area contributed by atoms with Crippen LogP contribution in [0.5, 0.6) is 0 Å². The van der Waals surface area contributed by atoms with Crippen LogP contribution < -0.4 is 10.6 Å². The van der Waals surface area contributed by atoms with Crippen LogP contribution in [0.2, 0.25) is 0 Å². The molecule has 1 atom stereocenters. The predicted molar refractivity (Wildman–Crippen MR) is 94.1 cm³/mol. The van der Waals surface area contributed by atoms with E-state index in [9.17, 15) is 4.79 Å². The minimum absolute atomic E-state index is 0.0213. The van der Waals surface area contributed by atoms with E-state index in [1.54, 1.807) is 11.8 Å². The zero-order valence-electron chi connectivity index (χ0n) is 12.8. The number of hydrogen-bond acceptors (Lipinski definition) is 3. The number of carbonyl (C=O) groups excluding carboxylic acids is 1. The van der Waals surface area contributed by atoms with Crippen LogP contribution in [0.15, 0.2) is 48.5 Å². The minimum Gasteiger partial charge on any atom is -0.399 e. The molecule has 2 aromatic carbocycles. The van der Waals surface area contributed by atoms with Gasteiger partial charge in [0, 0.05) is 11.4 Å². The highest BCUT2D eigenvalue weighted by Gasteiger charge is 2.35. The highest BCUT2D eigenvalue weighted by atomic mass is 32.2. The molecule has 1 fully saturated rings. The van der Waals surface area contributed by atoms with E-state index in [1.165, 1.54) is 5.56 Å². The predicted octanol–water partition coefficient (Wildman–Crippen LogP) is 4.17. The van der Waals surface area contributed by atoms with Gasteiger partial charge in [-0.25, -0.2) is 0 Å². The van der Waals surface area contributed by atoms with Gasteiger partial charge >= 0.3 is 0 Å². The van der Waals surface area contributed by atoms with Gasteiger partial charge in [0.2, 0.25) is 5.91 Å². The van der Waals surface area contributed by atoms with E-state index in [-0.39, 0.29) is 11.3 Å². The number of anilines is 2. The summed E-state index contributed by atoms with van der Waals surface area (Å²) < 4.78 is 0. The number of amides is 1. The zero-order valence-corrected chi connectivity index (χ0v) is 13.6. The molecule has 0 bridgehead atoms. The van der Waals surface area contributed by atoms with Crippen LogP contribution in [0, 0.1) is 0 Å². The molecule has 0 saturated carbocycles. The Morgan fingerprint density at radius 2 is 1.82 bits per heavy atom. The number of nitrogen functional groups attached to an aromatic ring is 1. The number of hydrogen-bond donors (Lipinski definition) is 1. The third-order valence-corrected chi connectivity index (χ3v) is 5.12. The van der Waals surface area contributed by atoms with Crippen LogP contribution in [0.25, 0.3) is 0 Å². The summed E-state index contributed by atoms with van der Waals surface area (Å²) >= 11 is 1.67. The van der Waals surface area contributed by atoms with E-state index < -0.39 is 0 Å². The number of nitrogens with two attached hydrogens (primary N) is 1. The van der Waals surface area contributed by atoms with Gasteiger partial charge in [0.25, 0.3) is 0 Å². The van der Waals surface area contributed by atoms with Crippen LogP contribution in [0.1, 0.15) is 36.3 Å². The molecule has 3 rings (SSSR count). The molecule has 22 heavy (non-hydrogen) atoms. The Morgan fingerprint density at radius 1 is 1.14 bits per heavy atom. The normalized spacial score (nSPS) is 18.2. The fourth-order valence-electron chi connectivity index (χ4n) is 2.79. The van der Waals surface area contributed by atoms with Crippen molar-refractivity contribution in [2.75, 3.05) is 16.4 Å². The van der Waals surface area contributed by atoms with Crippen molar-refractivity contribution in [3.8, 4) is 0 Å². The summed E-state index contributed by atoms with van der Waals surface area (Å²) in [5, 5.41) is 0.0213. The van der Waals surface area contributed by atoms with Crippen LogP contribution in [0.4, 0.5) is 11.4 Å². The van der Waals surface area contributed by atoms with Crippen molar-refractivity contribution < 1.29 is 4.79 Å². The molecule has 1 aliphatic heterocycles. The van der Waals surface area contributed by atoms with Crippen molar-refractivity contribution in [2.45, 2.75) is 25.1 Å². The van der Waals surface area contributed by atoms with E-state index >= 15 is 0 Å². The summed E-state index contributed by atoms with van der Waals surface area (Å²) in [5.41, 5.74) is 9.86. The number of carbonyl (C=O) groups is 1. The number of rotatable bonds is 3. The lowest BCUT2D eigenvalue weighted by Gasteiger charge is -2.27. The van der Waals surface area contributed by atoms with Gasteiger partial charge in [-0.3, -0.25) is 9.69 Å². The van der Waals surface area contributed by atoms with Crippen molar-refractivity contribution in [3.05, 3.63) is 59.7 Å². The molecule has 1 aliphatic rings. The van der Waals surface area contributed by atoms with Crippen molar-refractivity contribution in [1.29, 1.82) is 0 Å². The lowest BCUT2D eigenvalue weighted by Crippen LogP contribution is -2.29. The molecule has 0 aliphatic carbocycles. The van der Waals surface area contributed by atoms with Crippen molar-refractivity contribution in [2.24, 2.45) is 0 Å². The smallest absolute Gasteiger partial charge is 0.238 e. The molecule has 1 heterocycles. The first-order valence-electron chi connectivity index (χ1n) is 7.46. The molecule has 114 valence electrons. The van der Waals surface area contributed by atoms with E-state index in [0.717, 1.165) is 16.9 Å². The average Bonchev–Trinajstić information content (AvgIpc) is 2.89. The third kappa shape index (κ3) is 2.71. The fraction of sp³-hybridized carbons (Fsp3) is 0.278. The second-order valence-electron chi connectivity index (χ2n) is 5.81. The van der Waals surface area contributed by atoms with Gasteiger partial charge in [-0.05, 0) is 35.2 Å². The number of para-hydroxylation sites is 1. The number of benzene rings is 2. The van der Waals surface area contributed by atoms with Gasteiger partial charge in [0.15, 0.2) is 0 Å². The first kappa shape index (κ1) is 15.0. The van der Waals surface area contributed by atoms with Crippen molar-refractivity contribution in [3.63, 3.8) is 0 Å². The van der Waals surface area contributed by atoms with E-state index in [2.05, 4.69) is 19.9 Å². The molecule has 2 aromatic rings. The molecular weight excluding hydrogens is 292 g/mol. The Kier molecular flexibility index (Phi) is 4.12. The first-order valence-corrected chi connectivity index (χ1v) is 8.51. The van der Waals surface area contributed by atoms with Crippen molar-refractivity contribution >= 4 is 29.0 Å². The molecular formula is C18H20N2OS. The molecule has 0 radical (unpaired) electrons. The maximum atomic E-state index is 12.5. The van der Waals surface area contributed by atoms with Gasteiger partial charge < -0.3 is 5.73 Å². The highest BCUT2D eigenvalue weighted by molar-refractivity contribution is 8.00. The maximum absolute atomic E-state index is 12.5. The summed E-state index contributed by atoms with van der Waals surface area (Å²) in [6.45, 7) is 4.31. The average molecular weight is 312 g/mol. The van der Waals surface area contributed by atoms with Gasteiger partial charge in [-0.1, -0.05) is 44.2 Å². The highest BCUT2D eigenvalue weighted by Crippen LogP contribution is 2.44. The molecule has 0 spiro atoms. The quantitative estimate of drug-likeness (QED) is 0.865. The summed E-state index contributed by atoms with van der Waals surface area (Å²) in [6, 6.07) is 16.0. The fourth-order valence-corrected chi connectivity index (χ4v) is 3.96. The Labute approximate surface area is 135 Å². The molecule has 2 N–H and O–H groups in total. The van der Waals surface area contributed by atoms with E-state index in [1.807, 2.05) is 47.4 Å². The van der Waals surface area contributed by atoms with E-state index in [4.69, 9.17) is 5.73 Å². The zero-order chi connectivity index (χ0) is 15.7. The molecule has 0 aromatic heterocycles. The summed E-state index contributed by atoms with van der Waals surface area (Å²) in [5.74, 6) is 1.06. The van der Waals surface area contributed by atoms with Crippen LogP contribution in [-0.4, -0.2) is 11.7 Å². The Morgan fingerprint density at radius 3 is 2.50 bits per heavy atom. The summed E-state index contributed by atoms with van der Waals surface area (Å²) in [6.07, 6.45) is 0.